The zero-order chi connectivity index (χ0) is 23.9. The molecule has 0 radical (unpaired) electrons. The van der Waals surface area contributed by atoms with Crippen molar-refractivity contribution in [2.24, 2.45) is 16.7 Å². The summed E-state index contributed by atoms with van der Waals surface area (Å²) in [6.07, 6.45) is 1.02. The van der Waals surface area contributed by atoms with Crippen molar-refractivity contribution in [2.75, 3.05) is 12.4 Å². The highest BCUT2D eigenvalue weighted by Gasteiger charge is 2.65. The molecule has 1 unspecified atom stereocenters. The van der Waals surface area contributed by atoms with Gasteiger partial charge in [0.2, 0.25) is 0 Å². The highest BCUT2D eigenvalue weighted by Crippen LogP contribution is 2.64. The van der Waals surface area contributed by atoms with Crippen molar-refractivity contribution in [3.05, 3.63) is 40.4 Å². The predicted octanol–water partition coefficient (Wildman–Crippen LogP) is 1.33. The van der Waals surface area contributed by atoms with Crippen LogP contribution in [0.2, 0.25) is 0 Å². The lowest BCUT2D eigenvalue weighted by Crippen LogP contribution is -2.42. The van der Waals surface area contributed by atoms with Crippen LogP contribution in [0.25, 0.3) is 10.9 Å². The van der Waals surface area contributed by atoms with Crippen molar-refractivity contribution in [1.29, 1.82) is 0 Å². The number of aliphatic hydroxyl groups excluding tert-OH is 2. The Balaban J connectivity index is 0.000000182. The van der Waals surface area contributed by atoms with Crippen molar-refractivity contribution in [3.8, 4) is 0 Å². The van der Waals surface area contributed by atoms with Crippen LogP contribution in [0.15, 0.2) is 29.1 Å². The number of nitrogens with zero attached hydrogens (tertiary/aromatic N) is 2. The summed E-state index contributed by atoms with van der Waals surface area (Å²) in [6, 6.07) is 7.07. The molecule has 2 aliphatic carbocycles. The lowest BCUT2D eigenvalue weighted by atomic mass is 9.70. The normalized spacial score (nSPS) is 24.9. The number of ketones is 1. The molecule has 2 aromatic rings. The summed E-state index contributed by atoms with van der Waals surface area (Å²) < 4.78 is 32.4. The lowest BCUT2D eigenvalue weighted by Gasteiger charge is -2.35. The van der Waals surface area contributed by atoms with Gasteiger partial charge in [-0.25, -0.2) is 4.98 Å². The molecular formula is C22H30N2O7S. The number of hydrogen-bond acceptors (Lipinski definition) is 7. The quantitative estimate of drug-likeness (QED) is 0.559. The van der Waals surface area contributed by atoms with Crippen LogP contribution in [0, 0.1) is 23.7 Å². The standard InChI is InChI=1S/C12H14N2O3.C10H16O4S/c1-8-13-11-5-3-2-4-10(11)12(17)14(8)6-9(16)7-15;1-9(2)7-3-4-10(9,8(11)5-7)6-15(12,13)14/h2-5,9,15-16H,6-7H2,1H3;7H,3-6H2,1-2H3,(H,12,13,14)/t;7-,10-/m.1/s1. The molecule has 9 nitrogen and oxygen atoms in total. The number of rotatable bonds is 5. The smallest absolute Gasteiger partial charge is 0.265 e. The molecule has 32 heavy (non-hydrogen) atoms. The maximum atomic E-state index is 12.1. The zero-order valence-corrected chi connectivity index (χ0v) is 19.3. The van der Waals surface area contributed by atoms with Gasteiger partial charge in [-0.2, -0.15) is 8.42 Å². The maximum Gasteiger partial charge on any atom is 0.265 e. The van der Waals surface area contributed by atoms with Gasteiger partial charge in [0.1, 0.15) is 11.6 Å². The second kappa shape index (κ2) is 8.66. The third-order valence-corrected chi connectivity index (χ3v) is 8.08. The zero-order valence-electron chi connectivity index (χ0n) is 18.5. The highest BCUT2D eigenvalue weighted by atomic mass is 32.2. The molecule has 0 aliphatic heterocycles. The van der Waals surface area contributed by atoms with Gasteiger partial charge in [0.05, 0.1) is 41.3 Å². The molecule has 3 N–H and O–H groups in total. The van der Waals surface area contributed by atoms with Crippen LogP contribution >= 0.6 is 0 Å². The molecule has 176 valence electrons. The van der Waals surface area contributed by atoms with E-state index in [0.29, 0.717) is 29.6 Å². The van der Waals surface area contributed by atoms with Gasteiger partial charge in [-0.05, 0) is 43.2 Å². The largest absolute Gasteiger partial charge is 0.394 e. The number of hydrogen-bond donors (Lipinski definition) is 3. The minimum Gasteiger partial charge on any atom is -0.394 e. The summed E-state index contributed by atoms with van der Waals surface area (Å²) in [6.45, 7) is 5.27. The molecule has 2 saturated carbocycles. The Morgan fingerprint density at radius 1 is 1.25 bits per heavy atom. The molecule has 3 atom stereocenters. The number of carbonyl (C=O) groups is 1. The Morgan fingerprint density at radius 2 is 1.91 bits per heavy atom. The fraction of sp³-hybridized carbons (Fsp3) is 0.591. The van der Waals surface area contributed by atoms with Crippen LogP contribution in [0.1, 0.15) is 38.9 Å². The molecule has 0 saturated heterocycles. The van der Waals surface area contributed by atoms with Crippen molar-refractivity contribution in [2.45, 2.75) is 52.7 Å². The minimum atomic E-state index is -4.08. The van der Waals surface area contributed by atoms with Crippen LogP contribution in [-0.2, 0) is 21.5 Å². The van der Waals surface area contributed by atoms with Crippen molar-refractivity contribution in [3.63, 3.8) is 0 Å². The summed E-state index contributed by atoms with van der Waals surface area (Å²) in [5, 5.41) is 18.7. The number of benzene rings is 1. The third kappa shape index (κ3) is 4.36. The number of fused-ring (bicyclic) bond motifs is 3. The van der Waals surface area contributed by atoms with Crippen LogP contribution < -0.4 is 5.56 Å². The van der Waals surface area contributed by atoms with Crippen molar-refractivity contribution >= 4 is 26.8 Å². The fourth-order valence-corrected chi connectivity index (χ4v) is 6.48. The second-order valence-electron chi connectivity index (χ2n) is 9.32. The second-order valence-corrected chi connectivity index (χ2v) is 10.8. The number of aryl methyl sites for hydroxylation is 1. The van der Waals surface area contributed by atoms with Crippen LogP contribution in [0.4, 0.5) is 0 Å². The summed E-state index contributed by atoms with van der Waals surface area (Å²) in [4.78, 5) is 28.3. The Bertz CT molecular complexity index is 1190. The fourth-order valence-electron chi connectivity index (χ4n) is 5.18. The molecule has 0 spiro atoms. The Hall–Kier alpha value is -2.14. The topological polar surface area (TPSA) is 147 Å². The van der Waals surface area contributed by atoms with E-state index in [2.05, 4.69) is 4.98 Å². The molecule has 1 heterocycles. The molecule has 2 fully saturated rings. The molecule has 1 aromatic heterocycles. The molecule has 1 aromatic carbocycles. The predicted molar refractivity (Wildman–Crippen MR) is 119 cm³/mol. The Kier molecular flexibility index (Phi) is 6.63. The number of aromatic nitrogens is 2. The first-order valence-corrected chi connectivity index (χ1v) is 12.2. The van der Waals surface area contributed by atoms with Gasteiger partial charge in [-0.1, -0.05) is 26.0 Å². The van der Waals surface area contributed by atoms with E-state index in [9.17, 15) is 23.1 Å². The van der Waals surface area contributed by atoms with Crippen molar-refractivity contribution in [1.82, 2.24) is 9.55 Å². The van der Waals surface area contributed by atoms with Gasteiger partial charge in [0.25, 0.3) is 15.7 Å². The van der Waals surface area contributed by atoms with Gasteiger partial charge in [0.15, 0.2) is 0 Å². The average Bonchev–Trinajstić information content (AvgIpc) is 3.04. The van der Waals surface area contributed by atoms with Gasteiger partial charge in [0, 0.05) is 6.42 Å². The monoisotopic (exact) mass is 466 g/mol. The van der Waals surface area contributed by atoms with E-state index in [4.69, 9.17) is 9.66 Å². The average molecular weight is 467 g/mol. The Morgan fingerprint density at radius 3 is 2.44 bits per heavy atom. The van der Waals surface area contributed by atoms with Gasteiger partial charge in [-0.3, -0.25) is 18.7 Å². The van der Waals surface area contributed by atoms with Crippen LogP contribution in [0.3, 0.4) is 0 Å². The summed E-state index contributed by atoms with van der Waals surface area (Å²) in [5.41, 5.74) is -0.671. The molecule has 4 rings (SSSR count). The first-order valence-electron chi connectivity index (χ1n) is 10.6. The van der Waals surface area contributed by atoms with E-state index in [1.54, 1.807) is 25.1 Å². The van der Waals surface area contributed by atoms with Crippen LogP contribution in [0.5, 0.6) is 0 Å². The van der Waals surface area contributed by atoms with Crippen molar-refractivity contribution < 1.29 is 28.0 Å². The minimum absolute atomic E-state index is 0.0152. The van der Waals surface area contributed by atoms with Gasteiger partial charge >= 0.3 is 0 Å². The van der Waals surface area contributed by atoms with Gasteiger partial charge < -0.3 is 10.2 Å². The van der Waals surface area contributed by atoms with E-state index < -0.39 is 27.4 Å². The first kappa shape index (κ1) is 24.5. The molecule has 2 bridgehead atoms. The first-order chi connectivity index (χ1) is 14.8. The molecule has 10 heteroatoms. The highest BCUT2D eigenvalue weighted by molar-refractivity contribution is 7.85. The van der Waals surface area contributed by atoms with Gasteiger partial charge in [-0.15, -0.1) is 0 Å². The third-order valence-electron chi connectivity index (χ3n) is 7.22. The number of aliphatic hydroxyl groups is 2. The summed E-state index contributed by atoms with van der Waals surface area (Å²) >= 11 is 0. The summed E-state index contributed by atoms with van der Waals surface area (Å²) in [5.74, 6) is 0.428. The molecule has 0 amide bonds. The van der Waals surface area contributed by atoms with E-state index in [1.807, 2.05) is 19.9 Å². The molecule has 2 aliphatic rings. The number of Topliss-reactive ketones (excluding diaryl/α,β-unsaturated/α-hetero) is 1. The van der Waals surface area contributed by atoms with E-state index in [-0.39, 0.29) is 35.8 Å². The van der Waals surface area contributed by atoms with E-state index >= 15 is 0 Å². The van der Waals surface area contributed by atoms with E-state index in [0.717, 1.165) is 6.42 Å². The Labute approximate surface area is 186 Å². The lowest BCUT2D eigenvalue weighted by molar-refractivity contribution is -0.128. The molecular weight excluding hydrogens is 436 g/mol. The summed E-state index contributed by atoms with van der Waals surface area (Å²) in [7, 11) is -4.08. The van der Waals surface area contributed by atoms with Crippen LogP contribution in [-0.4, -0.2) is 57.0 Å². The van der Waals surface area contributed by atoms with E-state index in [1.165, 1.54) is 4.57 Å². The number of para-hydroxylation sites is 1. The SMILES string of the molecule is CC1(C)[C@@H]2CC[C@@]1(CS(=O)(=O)O)C(=O)C2.Cc1nc2ccccc2c(=O)n1CC(O)CO. The number of carbonyl (C=O) groups excluding carboxylic acids is 1. The maximum absolute atomic E-state index is 12.1.